The van der Waals surface area contributed by atoms with Gasteiger partial charge in [-0.2, -0.15) is 0 Å². The molecule has 0 aliphatic rings. The Hall–Kier alpha value is -1.21. The van der Waals surface area contributed by atoms with Crippen LogP contribution in [-0.2, 0) is 6.42 Å². The number of hydrogen-bond acceptors (Lipinski definition) is 1. The summed E-state index contributed by atoms with van der Waals surface area (Å²) in [5.74, 6) is 0. The Labute approximate surface area is 108 Å². The molecule has 88 valence electrons. The van der Waals surface area contributed by atoms with Crippen molar-refractivity contribution >= 4 is 11.8 Å². The molecular weight excluding hydrogens is 224 g/mol. The second kappa shape index (κ2) is 5.42. The van der Waals surface area contributed by atoms with Gasteiger partial charge in [-0.3, -0.25) is 0 Å². The Bertz CT molecular complexity index is 515. The lowest BCUT2D eigenvalue weighted by atomic mass is 10.2. The van der Waals surface area contributed by atoms with Crippen LogP contribution >= 0.6 is 11.8 Å². The standard InChI is InChI=1S/C16H18S/c1-4-14-7-5-6-8-16(14)17-15-10-9-12(2)11-13(15)3/h5-11H,4H2,1-3H3. The summed E-state index contributed by atoms with van der Waals surface area (Å²) in [6.07, 6.45) is 1.09. The Morgan fingerprint density at radius 2 is 1.71 bits per heavy atom. The minimum Gasteiger partial charge on any atom is -0.0895 e. The first-order valence-electron chi connectivity index (χ1n) is 6.03. The van der Waals surface area contributed by atoms with Crippen molar-refractivity contribution in [3.63, 3.8) is 0 Å². The predicted octanol–water partition coefficient (Wildman–Crippen LogP) is 5.02. The first-order chi connectivity index (χ1) is 8.20. The fourth-order valence-corrected chi connectivity index (χ4v) is 3.01. The second-order valence-corrected chi connectivity index (χ2v) is 5.42. The summed E-state index contributed by atoms with van der Waals surface area (Å²) in [6, 6.07) is 15.3. The first kappa shape index (κ1) is 12.3. The third-order valence-electron chi connectivity index (χ3n) is 2.90. The maximum absolute atomic E-state index is 2.25. The highest BCUT2D eigenvalue weighted by Gasteiger charge is 2.04. The number of aryl methyl sites for hydroxylation is 3. The fourth-order valence-electron chi connectivity index (χ4n) is 1.93. The molecule has 0 heterocycles. The molecule has 0 amide bonds. The SMILES string of the molecule is CCc1ccccc1Sc1ccc(C)cc1C. The molecule has 2 aromatic carbocycles. The molecule has 0 radical (unpaired) electrons. The zero-order valence-electron chi connectivity index (χ0n) is 10.7. The largest absolute Gasteiger partial charge is 0.0895 e. The van der Waals surface area contributed by atoms with Crippen molar-refractivity contribution in [1.82, 2.24) is 0 Å². The van der Waals surface area contributed by atoms with E-state index in [-0.39, 0.29) is 0 Å². The molecule has 0 N–H and O–H groups in total. The third-order valence-corrected chi connectivity index (χ3v) is 4.20. The van der Waals surface area contributed by atoms with Crippen LogP contribution < -0.4 is 0 Å². The average molecular weight is 242 g/mol. The van der Waals surface area contributed by atoms with Crippen molar-refractivity contribution in [2.24, 2.45) is 0 Å². The molecule has 0 bridgehead atoms. The summed E-state index contributed by atoms with van der Waals surface area (Å²) < 4.78 is 0. The summed E-state index contributed by atoms with van der Waals surface area (Å²) in [7, 11) is 0. The van der Waals surface area contributed by atoms with Gasteiger partial charge in [0, 0.05) is 9.79 Å². The van der Waals surface area contributed by atoms with Gasteiger partial charge in [-0.15, -0.1) is 0 Å². The monoisotopic (exact) mass is 242 g/mol. The van der Waals surface area contributed by atoms with E-state index in [2.05, 4.69) is 63.2 Å². The average Bonchev–Trinajstić information content (AvgIpc) is 2.33. The van der Waals surface area contributed by atoms with Crippen molar-refractivity contribution < 1.29 is 0 Å². The van der Waals surface area contributed by atoms with Crippen molar-refractivity contribution in [3.05, 3.63) is 59.2 Å². The summed E-state index contributed by atoms with van der Waals surface area (Å²) >= 11 is 1.87. The lowest BCUT2D eigenvalue weighted by Crippen LogP contribution is -1.86. The minimum atomic E-state index is 1.09. The zero-order chi connectivity index (χ0) is 12.3. The number of rotatable bonds is 3. The van der Waals surface area contributed by atoms with Gasteiger partial charge in [-0.25, -0.2) is 0 Å². The Balaban J connectivity index is 2.31. The van der Waals surface area contributed by atoms with E-state index in [0.29, 0.717) is 0 Å². The summed E-state index contributed by atoms with van der Waals surface area (Å²) in [6.45, 7) is 6.53. The number of benzene rings is 2. The van der Waals surface area contributed by atoms with Gasteiger partial charge in [-0.05, 0) is 43.5 Å². The third kappa shape index (κ3) is 2.92. The van der Waals surface area contributed by atoms with E-state index in [1.165, 1.54) is 26.5 Å². The van der Waals surface area contributed by atoms with Crippen LogP contribution in [0.3, 0.4) is 0 Å². The van der Waals surface area contributed by atoms with Crippen LogP contribution in [0, 0.1) is 13.8 Å². The first-order valence-corrected chi connectivity index (χ1v) is 6.85. The van der Waals surface area contributed by atoms with Crippen molar-refractivity contribution in [2.45, 2.75) is 37.0 Å². The van der Waals surface area contributed by atoms with Crippen molar-refractivity contribution in [2.75, 3.05) is 0 Å². The van der Waals surface area contributed by atoms with Crippen molar-refractivity contribution in [3.8, 4) is 0 Å². The van der Waals surface area contributed by atoms with Crippen LogP contribution in [0.5, 0.6) is 0 Å². The van der Waals surface area contributed by atoms with E-state index >= 15 is 0 Å². The molecule has 0 unspecified atom stereocenters. The van der Waals surface area contributed by atoms with E-state index in [1.54, 1.807) is 0 Å². The zero-order valence-corrected chi connectivity index (χ0v) is 11.5. The van der Waals surface area contributed by atoms with Gasteiger partial charge in [0.1, 0.15) is 0 Å². The van der Waals surface area contributed by atoms with Crippen molar-refractivity contribution in [1.29, 1.82) is 0 Å². The molecule has 0 aromatic heterocycles. The highest BCUT2D eigenvalue weighted by atomic mass is 32.2. The van der Waals surface area contributed by atoms with Gasteiger partial charge < -0.3 is 0 Å². The topological polar surface area (TPSA) is 0 Å². The Kier molecular flexibility index (Phi) is 3.90. The van der Waals surface area contributed by atoms with E-state index in [9.17, 15) is 0 Å². The predicted molar refractivity (Wildman–Crippen MR) is 75.9 cm³/mol. The highest BCUT2D eigenvalue weighted by Crippen LogP contribution is 2.33. The van der Waals surface area contributed by atoms with E-state index in [4.69, 9.17) is 0 Å². The molecule has 2 rings (SSSR count). The molecule has 0 saturated carbocycles. The van der Waals surface area contributed by atoms with Gasteiger partial charge in [0.2, 0.25) is 0 Å². The molecular formula is C16H18S. The fraction of sp³-hybridized carbons (Fsp3) is 0.250. The Morgan fingerprint density at radius 3 is 2.41 bits per heavy atom. The smallest absolute Gasteiger partial charge is 0.0154 e. The molecule has 0 atom stereocenters. The van der Waals surface area contributed by atoms with Crippen LogP contribution in [0.2, 0.25) is 0 Å². The molecule has 0 saturated heterocycles. The van der Waals surface area contributed by atoms with Gasteiger partial charge >= 0.3 is 0 Å². The van der Waals surface area contributed by atoms with Crippen LogP contribution in [0.1, 0.15) is 23.6 Å². The summed E-state index contributed by atoms with van der Waals surface area (Å²) in [4.78, 5) is 2.73. The quantitative estimate of drug-likeness (QED) is 0.728. The lowest BCUT2D eigenvalue weighted by Gasteiger charge is -2.09. The van der Waals surface area contributed by atoms with Gasteiger partial charge in [0.15, 0.2) is 0 Å². The van der Waals surface area contributed by atoms with Gasteiger partial charge in [0.25, 0.3) is 0 Å². The summed E-state index contributed by atoms with van der Waals surface area (Å²) in [5, 5.41) is 0. The maximum atomic E-state index is 2.25. The van der Waals surface area contributed by atoms with Crippen LogP contribution in [0.25, 0.3) is 0 Å². The molecule has 2 aromatic rings. The number of hydrogen-bond donors (Lipinski definition) is 0. The second-order valence-electron chi connectivity index (χ2n) is 4.33. The van der Waals surface area contributed by atoms with Crippen LogP contribution in [-0.4, -0.2) is 0 Å². The molecule has 0 spiro atoms. The normalized spacial score (nSPS) is 10.5. The molecule has 0 aliphatic carbocycles. The molecule has 0 aliphatic heterocycles. The molecule has 1 heteroatoms. The maximum Gasteiger partial charge on any atom is 0.0154 e. The minimum absolute atomic E-state index is 1.09. The Morgan fingerprint density at radius 1 is 0.941 bits per heavy atom. The van der Waals surface area contributed by atoms with E-state index in [1.807, 2.05) is 11.8 Å². The molecule has 0 nitrogen and oxygen atoms in total. The lowest BCUT2D eigenvalue weighted by molar-refractivity contribution is 1.08. The van der Waals surface area contributed by atoms with Crippen LogP contribution in [0.15, 0.2) is 52.3 Å². The van der Waals surface area contributed by atoms with Gasteiger partial charge in [0.05, 0.1) is 0 Å². The highest BCUT2D eigenvalue weighted by molar-refractivity contribution is 7.99. The molecule has 17 heavy (non-hydrogen) atoms. The van der Waals surface area contributed by atoms with E-state index in [0.717, 1.165) is 6.42 Å². The van der Waals surface area contributed by atoms with Gasteiger partial charge in [-0.1, -0.05) is 54.6 Å². The summed E-state index contributed by atoms with van der Waals surface area (Å²) in [5.41, 5.74) is 4.12. The van der Waals surface area contributed by atoms with E-state index < -0.39 is 0 Å². The molecule has 0 fully saturated rings. The van der Waals surface area contributed by atoms with Crippen LogP contribution in [0.4, 0.5) is 0 Å².